The molecule has 8 aliphatic rings. The number of halogens is 2. The van der Waals surface area contributed by atoms with Gasteiger partial charge in [-0.25, -0.2) is 18.4 Å². The van der Waals surface area contributed by atoms with Gasteiger partial charge in [-0.3, -0.25) is 15.4 Å². The molecule has 4 saturated heterocycles. The highest BCUT2D eigenvalue weighted by Gasteiger charge is 2.71. The van der Waals surface area contributed by atoms with E-state index in [0.717, 1.165) is 44.2 Å². The first-order chi connectivity index (χ1) is 34.8. The molecule has 4 aliphatic heterocycles. The summed E-state index contributed by atoms with van der Waals surface area (Å²) in [6, 6.07) is 10.7. The van der Waals surface area contributed by atoms with Crippen molar-refractivity contribution < 1.29 is 86.6 Å². The molecule has 5 unspecified atom stereocenters. The van der Waals surface area contributed by atoms with Gasteiger partial charge in [-0.15, -0.1) is 0 Å². The lowest BCUT2D eigenvalue weighted by molar-refractivity contribution is -0.363. The normalized spacial score (nSPS) is 45.1. The van der Waals surface area contributed by atoms with E-state index in [1.165, 1.54) is 36.4 Å². The molecule has 402 valence electrons. The molecule has 0 bridgehead atoms. The number of Topliss-reactive ketones (excluding diaryl/α,β-unsaturated/α-hetero) is 1. The van der Waals surface area contributed by atoms with Gasteiger partial charge in [0.1, 0.15) is 79.5 Å². The summed E-state index contributed by atoms with van der Waals surface area (Å²) in [4.78, 5) is 40.3. The number of ether oxygens (including phenoxy) is 8. The second-order valence-electron chi connectivity index (χ2n) is 22.7. The zero-order valence-electron chi connectivity index (χ0n) is 41.6. The molecule has 20 heteroatoms. The van der Waals surface area contributed by atoms with Crippen molar-refractivity contribution in [1.29, 1.82) is 0 Å². The van der Waals surface area contributed by atoms with Crippen LogP contribution in [0.15, 0.2) is 48.5 Å². The quantitative estimate of drug-likeness (QED) is 0.147. The van der Waals surface area contributed by atoms with Gasteiger partial charge in [-0.2, -0.15) is 0 Å². The van der Waals surface area contributed by atoms with E-state index in [0.29, 0.717) is 49.9 Å². The van der Waals surface area contributed by atoms with Crippen LogP contribution in [0.3, 0.4) is 0 Å². The fourth-order valence-electron chi connectivity index (χ4n) is 14.7. The summed E-state index contributed by atoms with van der Waals surface area (Å²) in [5, 5.41) is 60.6. The Balaban J connectivity index is 0.807. The zero-order chi connectivity index (χ0) is 51.7. The molecule has 4 saturated carbocycles. The Labute approximate surface area is 422 Å². The van der Waals surface area contributed by atoms with Crippen LogP contribution in [0, 0.1) is 63.9 Å². The maximum absolute atomic E-state index is 14.7. The van der Waals surface area contributed by atoms with Gasteiger partial charge in [0.25, 0.3) is 0 Å². The van der Waals surface area contributed by atoms with Gasteiger partial charge in [-0.1, -0.05) is 52.0 Å². The van der Waals surface area contributed by atoms with Crippen LogP contribution in [0.5, 0.6) is 0 Å². The van der Waals surface area contributed by atoms with E-state index in [-0.39, 0.29) is 57.9 Å². The molecule has 10 rings (SSSR count). The minimum absolute atomic E-state index is 0.0582. The standard InChI is InChI=1S/C53H70F2N2O16/c1-25-15-18-53(68-22-25)26(2)39-36(73-53)20-30-29-14-13-27-19-28(16-17-51(27,3)40(29)35(58)21-52(30,39)4)69-47-45(63)43(61)46(38(71-47)24-67-50(65)57-34-12-8-6-10-32(34)55)72-48-44(62)42(60)41(59)37(70-48)23-66-49(64)56-33-11-7-5-9-31(33)54/h5-12,25-30,36-48,59-63H,13-24H2,1-4H3,(H,56,64)(H,57,65)/t25-,26+,27+,28+,29?,30?,36?,37+,38+,39?,40?,41-,42+,43-,44+,45+,46-,47-,48+,51+,52+,53-/m1/s1. The van der Waals surface area contributed by atoms with Crippen molar-refractivity contribution in [1.82, 2.24) is 0 Å². The molecular formula is C53H70F2N2O16. The molecule has 22 atom stereocenters. The van der Waals surface area contributed by atoms with Crippen molar-refractivity contribution in [2.45, 2.75) is 165 Å². The van der Waals surface area contributed by atoms with Crippen LogP contribution in [-0.2, 0) is 42.7 Å². The van der Waals surface area contributed by atoms with Gasteiger partial charge in [0, 0.05) is 24.7 Å². The summed E-state index contributed by atoms with van der Waals surface area (Å²) >= 11 is 0. The molecule has 4 aliphatic carbocycles. The van der Waals surface area contributed by atoms with Crippen molar-refractivity contribution in [3.8, 4) is 0 Å². The number of benzene rings is 2. The van der Waals surface area contributed by atoms with Gasteiger partial charge in [0.15, 0.2) is 18.4 Å². The molecule has 1 spiro atoms. The zero-order valence-corrected chi connectivity index (χ0v) is 41.6. The first-order valence-electron chi connectivity index (χ1n) is 26.0. The first kappa shape index (κ1) is 52.5. The van der Waals surface area contributed by atoms with Crippen molar-refractivity contribution in [3.63, 3.8) is 0 Å². The molecule has 8 fully saturated rings. The number of carbonyl (C=O) groups is 3. The molecule has 2 aromatic carbocycles. The number of carbonyl (C=O) groups excluding carboxylic acids is 3. The number of ketones is 1. The highest BCUT2D eigenvalue weighted by molar-refractivity contribution is 5.85. The summed E-state index contributed by atoms with van der Waals surface area (Å²) in [5.41, 5.74) is -0.853. The fraction of sp³-hybridized carbons (Fsp3) is 0.717. The number of hydrogen-bond acceptors (Lipinski definition) is 16. The lowest BCUT2D eigenvalue weighted by Crippen LogP contribution is -2.65. The maximum Gasteiger partial charge on any atom is 0.411 e. The molecule has 73 heavy (non-hydrogen) atoms. The number of amides is 2. The van der Waals surface area contributed by atoms with Crippen molar-refractivity contribution >= 4 is 29.3 Å². The number of aliphatic hydroxyl groups is 5. The third-order valence-electron chi connectivity index (χ3n) is 18.5. The van der Waals surface area contributed by atoms with Crippen molar-refractivity contribution in [3.05, 3.63) is 60.2 Å². The minimum Gasteiger partial charge on any atom is -0.446 e. The SMILES string of the molecule is C[C@@H]1CC[C@@]2(OC1)OC1CC3C4CC[C@H]5C[C@@H](O[C@@H]6O[C@@H](COC(=O)Nc7ccccc7F)[C@@H](O[C@@H]7O[C@@H](COC(=O)Nc8ccccc8F)[C@@H](O)[C@H](O)[C@@H]7O)[C@H](O)[C@@H]6O)CC[C@]5(C)C4C(=O)C[C@]3(C)C1[C@@H]2C. The first-order valence-corrected chi connectivity index (χ1v) is 26.0. The molecule has 18 nitrogen and oxygen atoms in total. The average molecular weight is 1030 g/mol. The Morgan fingerprint density at radius 3 is 1.99 bits per heavy atom. The smallest absolute Gasteiger partial charge is 0.411 e. The third-order valence-corrected chi connectivity index (χ3v) is 18.5. The summed E-state index contributed by atoms with van der Waals surface area (Å²) in [7, 11) is 0. The van der Waals surface area contributed by atoms with E-state index in [1.54, 1.807) is 0 Å². The number of nitrogens with one attached hydrogen (secondary N) is 2. The summed E-state index contributed by atoms with van der Waals surface area (Å²) in [5.74, 6) is -0.234. The van der Waals surface area contributed by atoms with E-state index in [9.17, 15) is 48.7 Å². The molecule has 4 heterocycles. The number of hydrogen-bond donors (Lipinski definition) is 7. The summed E-state index contributed by atoms with van der Waals surface area (Å²) in [6.45, 7) is 8.35. The third kappa shape index (κ3) is 9.69. The molecule has 7 N–H and O–H groups in total. The largest absolute Gasteiger partial charge is 0.446 e. The van der Waals surface area contributed by atoms with Crippen LogP contribution in [0.2, 0.25) is 0 Å². The summed E-state index contributed by atoms with van der Waals surface area (Å²) in [6.07, 6.45) is -13.2. The Kier molecular flexibility index (Phi) is 14.8. The lowest BCUT2D eigenvalue weighted by atomic mass is 9.44. The van der Waals surface area contributed by atoms with Gasteiger partial charge in [0.2, 0.25) is 0 Å². The molecule has 0 radical (unpaired) electrons. The highest BCUT2D eigenvalue weighted by Crippen LogP contribution is 2.70. The van der Waals surface area contributed by atoms with Crippen LogP contribution in [0.1, 0.15) is 85.5 Å². The Morgan fingerprint density at radius 1 is 0.726 bits per heavy atom. The van der Waals surface area contributed by atoms with Gasteiger partial charge in [0.05, 0.1) is 30.2 Å². The number of aliphatic hydroxyl groups excluding tert-OH is 5. The molecule has 0 aromatic heterocycles. The minimum atomic E-state index is -1.98. The Bertz CT molecular complexity index is 2340. The maximum atomic E-state index is 14.7. The Morgan fingerprint density at radius 2 is 1.34 bits per heavy atom. The average Bonchev–Trinajstić information content (AvgIpc) is 3.80. The van der Waals surface area contributed by atoms with Crippen LogP contribution >= 0.6 is 0 Å². The molecular weight excluding hydrogens is 959 g/mol. The fourth-order valence-corrected chi connectivity index (χ4v) is 14.7. The van der Waals surface area contributed by atoms with Crippen LogP contribution in [0.4, 0.5) is 29.7 Å². The van der Waals surface area contributed by atoms with Crippen molar-refractivity contribution in [2.24, 2.45) is 52.3 Å². The number of fused-ring (bicyclic) bond motifs is 7. The number of rotatable bonds is 10. The van der Waals surface area contributed by atoms with E-state index in [1.807, 2.05) is 0 Å². The van der Waals surface area contributed by atoms with E-state index in [2.05, 4.69) is 38.3 Å². The van der Waals surface area contributed by atoms with Crippen LogP contribution in [-0.4, -0.2) is 143 Å². The van der Waals surface area contributed by atoms with E-state index >= 15 is 0 Å². The topological polar surface area (TPSA) is 250 Å². The van der Waals surface area contributed by atoms with E-state index in [4.69, 9.17) is 37.9 Å². The van der Waals surface area contributed by atoms with Crippen LogP contribution < -0.4 is 10.6 Å². The highest BCUT2D eigenvalue weighted by atomic mass is 19.1. The lowest BCUT2D eigenvalue weighted by Gasteiger charge is -2.60. The predicted octanol–water partition coefficient (Wildman–Crippen LogP) is 5.41. The van der Waals surface area contributed by atoms with Crippen molar-refractivity contribution in [2.75, 3.05) is 30.5 Å². The van der Waals surface area contributed by atoms with E-state index < -0.39 is 110 Å². The molecule has 2 aromatic rings. The second kappa shape index (κ2) is 20.5. The van der Waals surface area contributed by atoms with Crippen LogP contribution in [0.25, 0.3) is 0 Å². The van der Waals surface area contributed by atoms with Gasteiger partial charge in [-0.05, 0) is 110 Å². The second-order valence-corrected chi connectivity index (χ2v) is 22.7. The Hall–Kier alpha value is -3.93. The predicted molar refractivity (Wildman–Crippen MR) is 252 cm³/mol. The monoisotopic (exact) mass is 1030 g/mol. The molecule has 2 amide bonds. The summed E-state index contributed by atoms with van der Waals surface area (Å²) < 4.78 is 77.1. The number of para-hydroxylation sites is 2. The van der Waals surface area contributed by atoms with Gasteiger partial charge < -0.3 is 63.4 Å². The number of anilines is 2. The van der Waals surface area contributed by atoms with Gasteiger partial charge >= 0.3 is 12.2 Å².